The molecule has 0 bridgehead atoms. The van der Waals surface area contributed by atoms with Crippen molar-refractivity contribution in [3.8, 4) is 5.75 Å². The van der Waals surface area contributed by atoms with Crippen LogP contribution in [-0.4, -0.2) is 88.3 Å². The van der Waals surface area contributed by atoms with Gasteiger partial charge in [0.25, 0.3) is 0 Å². The van der Waals surface area contributed by atoms with E-state index in [9.17, 15) is 34.5 Å². The molecule has 15 nitrogen and oxygen atoms in total. The van der Waals surface area contributed by atoms with Gasteiger partial charge in [0.05, 0.1) is 12.1 Å². The largest absolute Gasteiger partial charge is 0.508 e. The highest BCUT2D eigenvalue weighted by Gasteiger charge is 2.32. The Morgan fingerprint density at radius 1 is 0.900 bits per heavy atom. The molecular weight excluding hydrogens is 524 g/mol. The first-order chi connectivity index (χ1) is 18.8. The van der Waals surface area contributed by atoms with Gasteiger partial charge in [0.2, 0.25) is 17.7 Å². The number of hydrogen-bond acceptors (Lipinski definition) is 9. The number of aliphatic hydroxyl groups is 1. The zero-order chi connectivity index (χ0) is 30.2. The van der Waals surface area contributed by atoms with Crippen molar-refractivity contribution < 1.29 is 34.5 Å². The summed E-state index contributed by atoms with van der Waals surface area (Å²) in [5, 5.41) is 36.5. The van der Waals surface area contributed by atoms with Crippen LogP contribution in [0.4, 0.5) is 0 Å². The number of aliphatic imine (C=N–C) groups is 1. The summed E-state index contributed by atoms with van der Waals surface area (Å²) in [6, 6.07) is 0.779. The number of carboxylic acids is 1. The third-order valence-corrected chi connectivity index (χ3v) is 5.94. The van der Waals surface area contributed by atoms with Crippen molar-refractivity contribution >= 4 is 29.7 Å². The molecule has 1 aromatic carbocycles. The van der Waals surface area contributed by atoms with E-state index in [1.165, 1.54) is 31.2 Å². The number of nitrogens with two attached hydrogens (primary N) is 4. The molecule has 0 radical (unpaired) electrons. The summed E-state index contributed by atoms with van der Waals surface area (Å²) in [6.07, 6.45) is 0.483. The summed E-state index contributed by atoms with van der Waals surface area (Å²) in [4.78, 5) is 54.4. The highest BCUT2D eigenvalue weighted by molar-refractivity contribution is 5.94. The number of carboxylic acid groups (broad SMARTS) is 1. The fraction of sp³-hybridized carbons (Fsp3) is 0.560. The molecule has 15 heteroatoms. The number of carbonyl (C=O) groups excluding carboxylic acids is 3. The highest BCUT2D eigenvalue weighted by atomic mass is 16.4. The number of nitrogens with one attached hydrogen (secondary N) is 3. The first kappa shape index (κ1) is 34.1. The quantitative estimate of drug-likeness (QED) is 0.0498. The van der Waals surface area contributed by atoms with Crippen molar-refractivity contribution in [3.63, 3.8) is 0 Å². The Hall–Kier alpha value is -3.95. The molecule has 1 rings (SSSR count). The van der Waals surface area contributed by atoms with Crippen LogP contribution in [0.5, 0.6) is 5.75 Å². The van der Waals surface area contributed by atoms with Crippen molar-refractivity contribution in [2.45, 2.75) is 75.7 Å². The molecule has 3 amide bonds. The Balaban J connectivity index is 2.98. The maximum Gasteiger partial charge on any atom is 0.326 e. The average molecular weight is 567 g/mol. The topological polar surface area (TPSA) is 282 Å². The summed E-state index contributed by atoms with van der Waals surface area (Å²) in [5.74, 6) is -3.81. The van der Waals surface area contributed by atoms with Gasteiger partial charge in [-0.25, -0.2) is 4.79 Å². The number of phenolic OH excluding ortho intramolecular Hbond substituents is 1. The molecule has 5 unspecified atom stereocenters. The Labute approximate surface area is 232 Å². The van der Waals surface area contributed by atoms with E-state index in [0.717, 1.165) is 0 Å². The van der Waals surface area contributed by atoms with E-state index in [2.05, 4.69) is 20.9 Å². The van der Waals surface area contributed by atoms with Crippen molar-refractivity contribution in [2.24, 2.45) is 27.9 Å². The maximum atomic E-state index is 13.2. The van der Waals surface area contributed by atoms with Gasteiger partial charge in [0.1, 0.15) is 23.9 Å². The Bertz CT molecular complexity index is 999. The van der Waals surface area contributed by atoms with Gasteiger partial charge in [-0.2, -0.15) is 0 Å². The summed E-state index contributed by atoms with van der Waals surface area (Å²) in [6.45, 7) is 1.87. The maximum absolute atomic E-state index is 13.2. The van der Waals surface area contributed by atoms with Gasteiger partial charge >= 0.3 is 5.97 Å². The van der Waals surface area contributed by atoms with Gasteiger partial charge < -0.3 is 54.2 Å². The summed E-state index contributed by atoms with van der Waals surface area (Å²) < 4.78 is 0. The van der Waals surface area contributed by atoms with E-state index in [0.29, 0.717) is 31.4 Å². The smallest absolute Gasteiger partial charge is 0.326 e. The minimum atomic E-state index is -1.54. The van der Waals surface area contributed by atoms with Crippen molar-refractivity contribution in [1.29, 1.82) is 0 Å². The summed E-state index contributed by atoms with van der Waals surface area (Å²) in [7, 11) is 0. The molecule has 0 fully saturated rings. The van der Waals surface area contributed by atoms with E-state index in [1.807, 2.05) is 0 Å². The van der Waals surface area contributed by atoms with E-state index in [4.69, 9.17) is 22.9 Å². The van der Waals surface area contributed by atoms with Crippen LogP contribution in [0.25, 0.3) is 0 Å². The van der Waals surface area contributed by atoms with Crippen LogP contribution in [-0.2, 0) is 25.6 Å². The van der Waals surface area contributed by atoms with Crippen LogP contribution in [0.1, 0.15) is 44.6 Å². The number of benzene rings is 1. The lowest BCUT2D eigenvalue weighted by Gasteiger charge is -2.26. The number of hydrogen-bond donors (Lipinski definition) is 10. The normalized spacial score (nSPS) is 14.6. The first-order valence-corrected chi connectivity index (χ1v) is 13.0. The van der Waals surface area contributed by atoms with Gasteiger partial charge in [-0.1, -0.05) is 18.6 Å². The number of unbranched alkanes of at least 4 members (excludes halogenated alkanes) is 1. The molecule has 0 saturated carbocycles. The molecule has 224 valence electrons. The molecule has 1 aromatic rings. The zero-order valence-electron chi connectivity index (χ0n) is 22.6. The number of aliphatic carboxylic acids is 1. The Morgan fingerprint density at radius 2 is 1.52 bits per heavy atom. The lowest BCUT2D eigenvalue weighted by atomic mass is 10.0. The van der Waals surface area contributed by atoms with Gasteiger partial charge in [0.15, 0.2) is 5.96 Å². The van der Waals surface area contributed by atoms with E-state index >= 15 is 0 Å². The molecule has 0 heterocycles. The number of rotatable bonds is 18. The number of phenols is 1. The zero-order valence-corrected chi connectivity index (χ0v) is 22.6. The van der Waals surface area contributed by atoms with E-state index < -0.39 is 54.0 Å². The predicted octanol–water partition coefficient (Wildman–Crippen LogP) is -2.64. The second-order valence-corrected chi connectivity index (χ2v) is 9.40. The lowest BCUT2D eigenvalue weighted by Crippen LogP contribution is -2.60. The monoisotopic (exact) mass is 566 g/mol. The van der Waals surface area contributed by atoms with Gasteiger partial charge in [-0.15, -0.1) is 0 Å². The standard InChI is InChI=1S/C25H42N8O7/c1-14(34)20(23(38)32-19(24(39)40)13-15-7-9-16(35)10-8-15)33-22(37)18(6-4-12-30-25(28)29)31-21(36)17(27)5-2-3-11-26/h7-10,14,17-20,34-35H,2-6,11-13,26-27H2,1H3,(H,31,36)(H,32,38)(H,33,37)(H,39,40)(H4,28,29,30). The van der Waals surface area contributed by atoms with Gasteiger partial charge in [-0.3, -0.25) is 19.4 Å². The summed E-state index contributed by atoms with van der Waals surface area (Å²) in [5.41, 5.74) is 22.6. The van der Waals surface area contributed by atoms with E-state index in [1.54, 1.807) is 0 Å². The molecule has 40 heavy (non-hydrogen) atoms. The molecule has 0 saturated heterocycles. The third-order valence-electron chi connectivity index (χ3n) is 5.94. The van der Waals surface area contributed by atoms with Gasteiger partial charge in [0, 0.05) is 13.0 Å². The van der Waals surface area contributed by atoms with Crippen LogP contribution < -0.4 is 38.9 Å². The molecule has 14 N–H and O–H groups in total. The van der Waals surface area contributed by atoms with Crippen LogP contribution >= 0.6 is 0 Å². The molecule has 0 spiro atoms. The highest BCUT2D eigenvalue weighted by Crippen LogP contribution is 2.12. The molecule has 0 aliphatic heterocycles. The van der Waals surface area contributed by atoms with Gasteiger partial charge in [-0.05, 0) is 56.8 Å². The second-order valence-electron chi connectivity index (χ2n) is 9.40. The molecular formula is C25H42N8O7. The number of nitrogens with zero attached hydrogens (tertiary/aromatic N) is 1. The Kier molecular flexibility index (Phi) is 15.0. The van der Waals surface area contributed by atoms with Crippen molar-refractivity contribution in [2.75, 3.05) is 13.1 Å². The van der Waals surface area contributed by atoms with Crippen LogP contribution in [0.15, 0.2) is 29.3 Å². The molecule has 0 aliphatic carbocycles. The van der Waals surface area contributed by atoms with Crippen molar-refractivity contribution in [1.82, 2.24) is 16.0 Å². The molecule has 0 aliphatic rings. The molecule has 0 aromatic heterocycles. The Morgan fingerprint density at radius 3 is 2.08 bits per heavy atom. The number of aromatic hydroxyl groups is 1. The third kappa shape index (κ3) is 12.7. The fourth-order valence-corrected chi connectivity index (χ4v) is 3.68. The average Bonchev–Trinajstić information content (AvgIpc) is 2.89. The number of carbonyl (C=O) groups is 4. The number of amides is 3. The number of aliphatic hydroxyl groups excluding tert-OH is 1. The number of guanidine groups is 1. The summed E-state index contributed by atoms with van der Waals surface area (Å²) >= 11 is 0. The minimum absolute atomic E-state index is 0.00648. The fourth-order valence-electron chi connectivity index (χ4n) is 3.68. The molecule has 5 atom stereocenters. The van der Waals surface area contributed by atoms with Crippen LogP contribution in [0.2, 0.25) is 0 Å². The first-order valence-electron chi connectivity index (χ1n) is 13.0. The van der Waals surface area contributed by atoms with Crippen LogP contribution in [0.3, 0.4) is 0 Å². The SMILES string of the molecule is CC(O)C(NC(=O)C(CCCN=C(N)N)NC(=O)C(N)CCCCN)C(=O)NC(Cc1ccc(O)cc1)C(=O)O. The predicted molar refractivity (Wildman–Crippen MR) is 148 cm³/mol. The van der Waals surface area contributed by atoms with Crippen LogP contribution in [0, 0.1) is 0 Å². The lowest BCUT2D eigenvalue weighted by molar-refractivity contribution is -0.143. The minimum Gasteiger partial charge on any atom is -0.508 e. The second kappa shape index (κ2) is 17.6. The van der Waals surface area contributed by atoms with E-state index in [-0.39, 0.29) is 37.5 Å². The van der Waals surface area contributed by atoms with Crippen molar-refractivity contribution in [3.05, 3.63) is 29.8 Å².